The number of halogens is 4. The SMILES string of the molecule is FC(F)(F)Oc1ccc(CNCc2ccon2)cc1Br. The number of hydrogen-bond donors (Lipinski definition) is 1. The minimum atomic E-state index is -4.70. The molecule has 0 spiro atoms. The Hall–Kier alpha value is -1.54. The lowest BCUT2D eigenvalue weighted by Crippen LogP contribution is -2.17. The molecule has 0 unspecified atom stereocenters. The molecule has 0 amide bonds. The van der Waals surface area contributed by atoms with Gasteiger partial charge >= 0.3 is 6.36 Å². The van der Waals surface area contributed by atoms with Gasteiger partial charge in [-0.3, -0.25) is 0 Å². The molecule has 0 aliphatic carbocycles. The normalized spacial score (nSPS) is 11.6. The molecule has 8 heteroatoms. The van der Waals surface area contributed by atoms with Gasteiger partial charge in [0.15, 0.2) is 0 Å². The zero-order valence-electron chi connectivity index (χ0n) is 10.1. The van der Waals surface area contributed by atoms with Gasteiger partial charge in [0.05, 0.1) is 10.2 Å². The summed E-state index contributed by atoms with van der Waals surface area (Å²) in [7, 11) is 0. The molecule has 4 nitrogen and oxygen atoms in total. The highest BCUT2D eigenvalue weighted by molar-refractivity contribution is 9.10. The number of nitrogens with zero attached hydrogens (tertiary/aromatic N) is 1. The zero-order valence-corrected chi connectivity index (χ0v) is 11.7. The molecule has 1 aromatic heterocycles. The summed E-state index contributed by atoms with van der Waals surface area (Å²) >= 11 is 3.05. The van der Waals surface area contributed by atoms with Crippen LogP contribution in [0.15, 0.2) is 39.5 Å². The first kappa shape index (κ1) is 14.9. The van der Waals surface area contributed by atoms with Crippen molar-refractivity contribution in [2.45, 2.75) is 19.5 Å². The molecule has 1 heterocycles. The number of hydrogen-bond acceptors (Lipinski definition) is 4. The molecule has 0 bridgehead atoms. The lowest BCUT2D eigenvalue weighted by Gasteiger charge is -2.11. The quantitative estimate of drug-likeness (QED) is 0.894. The Morgan fingerprint density at radius 2 is 2.05 bits per heavy atom. The molecule has 1 aromatic carbocycles. The van der Waals surface area contributed by atoms with Crippen LogP contribution >= 0.6 is 15.9 Å². The summed E-state index contributed by atoms with van der Waals surface area (Å²) in [4.78, 5) is 0. The van der Waals surface area contributed by atoms with E-state index in [4.69, 9.17) is 0 Å². The molecule has 0 aliphatic heterocycles. The van der Waals surface area contributed by atoms with Crippen molar-refractivity contribution in [1.82, 2.24) is 10.5 Å². The molecule has 0 atom stereocenters. The van der Waals surface area contributed by atoms with Crippen LogP contribution in [0.5, 0.6) is 5.75 Å². The number of benzene rings is 1. The van der Waals surface area contributed by atoms with Gasteiger partial charge in [0, 0.05) is 19.2 Å². The van der Waals surface area contributed by atoms with Gasteiger partial charge in [-0.1, -0.05) is 11.2 Å². The van der Waals surface area contributed by atoms with Crippen LogP contribution in [0.4, 0.5) is 13.2 Å². The molecule has 2 aromatic rings. The third kappa shape index (κ3) is 4.53. The van der Waals surface area contributed by atoms with Crippen molar-refractivity contribution in [3.05, 3.63) is 46.3 Å². The molecule has 0 saturated carbocycles. The van der Waals surface area contributed by atoms with Crippen LogP contribution in [0.2, 0.25) is 0 Å². The van der Waals surface area contributed by atoms with E-state index in [1.807, 2.05) is 0 Å². The second-order valence-electron chi connectivity index (χ2n) is 3.91. The highest BCUT2D eigenvalue weighted by Gasteiger charge is 2.31. The summed E-state index contributed by atoms with van der Waals surface area (Å²) in [6.45, 7) is 0.993. The minimum absolute atomic E-state index is 0.246. The van der Waals surface area contributed by atoms with E-state index in [1.165, 1.54) is 12.3 Å². The fraction of sp³-hybridized carbons (Fsp3) is 0.250. The molecule has 0 saturated heterocycles. The van der Waals surface area contributed by atoms with Crippen molar-refractivity contribution in [1.29, 1.82) is 0 Å². The molecule has 0 aliphatic rings. The maximum atomic E-state index is 12.1. The van der Waals surface area contributed by atoms with Gasteiger partial charge in [-0.15, -0.1) is 13.2 Å². The summed E-state index contributed by atoms with van der Waals surface area (Å²) in [6.07, 6.45) is -3.23. The monoisotopic (exact) mass is 350 g/mol. The van der Waals surface area contributed by atoms with Gasteiger partial charge in [-0.05, 0) is 33.6 Å². The standard InChI is InChI=1S/C12H10BrF3N2O2/c13-10-5-8(1-2-11(10)20-12(14,15)16)6-17-7-9-3-4-19-18-9/h1-5,17H,6-7H2. The van der Waals surface area contributed by atoms with Crippen LogP contribution in [0.3, 0.4) is 0 Å². The number of aromatic nitrogens is 1. The Morgan fingerprint density at radius 3 is 2.65 bits per heavy atom. The van der Waals surface area contributed by atoms with Crippen LogP contribution < -0.4 is 10.1 Å². The van der Waals surface area contributed by atoms with Crippen molar-refractivity contribution in [3.63, 3.8) is 0 Å². The number of ether oxygens (including phenoxy) is 1. The van der Waals surface area contributed by atoms with E-state index >= 15 is 0 Å². The third-order valence-corrected chi connectivity index (χ3v) is 2.97. The van der Waals surface area contributed by atoms with Gasteiger partial charge in [0.1, 0.15) is 12.0 Å². The Morgan fingerprint density at radius 1 is 1.25 bits per heavy atom. The van der Waals surface area contributed by atoms with Gasteiger partial charge in [0.2, 0.25) is 0 Å². The highest BCUT2D eigenvalue weighted by Crippen LogP contribution is 2.31. The van der Waals surface area contributed by atoms with Crippen LogP contribution in [-0.4, -0.2) is 11.5 Å². The smallest absolute Gasteiger partial charge is 0.405 e. The van der Waals surface area contributed by atoms with Crippen molar-refractivity contribution in [3.8, 4) is 5.75 Å². The predicted octanol–water partition coefficient (Wildman–Crippen LogP) is 3.63. The summed E-state index contributed by atoms with van der Waals surface area (Å²) < 4.78 is 45.1. The number of rotatable bonds is 5. The van der Waals surface area contributed by atoms with Crippen molar-refractivity contribution in [2.24, 2.45) is 0 Å². The molecular formula is C12H10BrF3N2O2. The van der Waals surface area contributed by atoms with Gasteiger partial charge in [-0.2, -0.15) is 0 Å². The lowest BCUT2D eigenvalue weighted by molar-refractivity contribution is -0.274. The Kier molecular flexibility index (Phi) is 4.66. The van der Waals surface area contributed by atoms with E-state index in [1.54, 1.807) is 18.2 Å². The molecule has 20 heavy (non-hydrogen) atoms. The fourth-order valence-electron chi connectivity index (χ4n) is 1.53. The summed E-state index contributed by atoms with van der Waals surface area (Å²) in [5, 5.41) is 6.82. The number of nitrogens with one attached hydrogen (secondary N) is 1. The van der Waals surface area contributed by atoms with Crippen LogP contribution in [0, 0.1) is 0 Å². The average Bonchev–Trinajstić information content (AvgIpc) is 2.84. The van der Waals surface area contributed by atoms with E-state index in [9.17, 15) is 13.2 Å². The van der Waals surface area contributed by atoms with Crippen LogP contribution in [-0.2, 0) is 13.1 Å². The first-order valence-corrected chi connectivity index (χ1v) is 6.37. The number of alkyl halides is 3. The average molecular weight is 351 g/mol. The molecular weight excluding hydrogens is 341 g/mol. The third-order valence-electron chi connectivity index (χ3n) is 2.35. The van der Waals surface area contributed by atoms with Gasteiger partial charge < -0.3 is 14.6 Å². The van der Waals surface area contributed by atoms with E-state index in [0.717, 1.165) is 11.3 Å². The topological polar surface area (TPSA) is 47.3 Å². The first-order chi connectivity index (χ1) is 9.44. The Labute approximate surface area is 121 Å². The van der Waals surface area contributed by atoms with E-state index in [-0.39, 0.29) is 10.2 Å². The van der Waals surface area contributed by atoms with E-state index in [0.29, 0.717) is 13.1 Å². The summed E-state index contributed by atoms with van der Waals surface area (Å²) in [5.74, 6) is -0.266. The maximum absolute atomic E-state index is 12.1. The van der Waals surface area contributed by atoms with Crippen LogP contribution in [0.1, 0.15) is 11.3 Å². The van der Waals surface area contributed by atoms with E-state index < -0.39 is 6.36 Å². The second kappa shape index (κ2) is 6.27. The molecule has 2 rings (SSSR count). The van der Waals surface area contributed by atoms with Crippen LogP contribution in [0.25, 0.3) is 0 Å². The first-order valence-electron chi connectivity index (χ1n) is 5.58. The molecule has 0 fully saturated rings. The predicted molar refractivity (Wildman–Crippen MR) is 67.9 cm³/mol. The molecule has 108 valence electrons. The van der Waals surface area contributed by atoms with E-state index in [2.05, 4.69) is 35.7 Å². The highest BCUT2D eigenvalue weighted by atomic mass is 79.9. The largest absolute Gasteiger partial charge is 0.573 e. The van der Waals surface area contributed by atoms with Gasteiger partial charge in [-0.25, -0.2) is 0 Å². The van der Waals surface area contributed by atoms with Gasteiger partial charge in [0.25, 0.3) is 0 Å². The maximum Gasteiger partial charge on any atom is 0.573 e. The summed E-state index contributed by atoms with van der Waals surface area (Å²) in [6, 6.07) is 6.12. The van der Waals surface area contributed by atoms with Crippen molar-refractivity contribution in [2.75, 3.05) is 0 Å². The fourth-order valence-corrected chi connectivity index (χ4v) is 2.03. The molecule has 0 radical (unpaired) electrons. The minimum Gasteiger partial charge on any atom is -0.405 e. The Balaban J connectivity index is 1.91. The Bertz CT molecular complexity index is 558. The summed E-state index contributed by atoms with van der Waals surface area (Å²) in [5.41, 5.74) is 1.57. The lowest BCUT2D eigenvalue weighted by atomic mass is 10.2. The van der Waals surface area contributed by atoms with Crippen molar-refractivity contribution < 1.29 is 22.4 Å². The molecule has 1 N–H and O–H groups in total. The second-order valence-corrected chi connectivity index (χ2v) is 4.76. The van der Waals surface area contributed by atoms with Crippen molar-refractivity contribution >= 4 is 15.9 Å². The zero-order chi connectivity index (χ0) is 14.6.